The summed E-state index contributed by atoms with van der Waals surface area (Å²) < 4.78 is 38.5. The highest BCUT2D eigenvalue weighted by Gasteiger charge is 2.35. The lowest BCUT2D eigenvalue weighted by Gasteiger charge is -2.42. The first-order valence-corrected chi connectivity index (χ1v) is 13.1. The van der Waals surface area contributed by atoms with Crippen molar-refractivity contribution >= 4 is 5.97 Å². The summed E-state index contributed by atoms with van der Waals surface area (Å²) in [5.41, 5.74) is 1.60. The van der Waals surface area contributed by atoms with Crippen molar-refractivity contribution in [3.8, 4) is 11.5 Å². The molecule has 0 aromatic heterocycles. The molecule has 0 N–H and O–H groups in total. The van der Waals surface area contributed by atoms with E-state index in [1.807, 2.05) is 12.1 Å². The number of ether oxygens (including phenoxy) is 2. The van der Waals surface area contributed by atoms with E-state index in [2.05, 4.69) is 25.7 Å². The number of rotatable bonds is 9. The standard InChI is InChI=1S/C31H36F2O3/c1-3-5-6-7-21-8-9-26-18-25(15-14-24(26)17-21)22-10-12-23(13-11-22)31(34)36-27-19-28(32)30(29(33)20-27)35-16-4-2/h3-5,10-13,19-21,24-26H,2,6-9,14-18H2,1H3/b5-3+. The number of hydrogen-bond acceptors (Lipinski definition) is 3. The van der Waals surface area contributed by atoms with Crippen molar-refractivity contribution in [2.45, 2.75) is 64.2 Å². The summed E-state index contributed by atoms with van der Waals surface area (Å²) in [6, 6.07) is 9.38. The average Bonchev–Trinajstić information content (AvgIpc) is 2.88. The first-order chi connectivity index (χ1) is 17.5. The number of carbonyl (C=O) groups is 1. The lowest BCUT2D eigenvalue weighted by atomic mass is 9.63. The van der Waals surface area contributed by atoms with Gasteiger partial charge >= 0.3 is 5.97 Å². The molecule has 0 heterocycles. The topological polar surface area (TPSA) is 35.5 Å². The molecule has 4 rings (SSSR count). The lowest BCUT2D eigenvalue weighted by molar-refractivity contribution is 0.0733. The molecule has 0 amide bonds. The van der Waals surface area contributed by atoms with Gasteiger partial charge < -0.3 is 9.47 Å². The first-order valence-electron chi connectivity index (χ1n) is 13.1. The van der Waals surface area contributed by atoms with Gasteiger partial charge in [-0.25, -0.2) is 13.6 Å². The number of fused-ring (bicyclic) bond motifs is 1. The van der Waals surface area contributed by atoms with Crippen LogP contribution in [0, 0.1) is 29.4 Å². The minimum Gasteiger partial charge on any atom is -0.483 e. The van der Waals surface area contributed by atoms with E-state index in [0.29, 0.717) is 11.5 Å². The Morgan fingerprint density at radius 3 is 2.42 bits per heavy atom. The molecule has 2 aliphatic carbocycles. The van der Waals surface area contributed by atoms with Crippen LogP contribution in [-0.4, -0.2) is 12.6 Å². The predicted molar refractivity (Wildman–Crippen MR) is 138 cm³/mol. The third-order valence-corrected chi connectivity index (χ3v) is 7.84. The van der Waals surface area contributed by atoms with Crippen LogP contribution in [0.3, 0.4) is 0 Å². The number of halogens is 2. The van der Waals surface area contributed by atoms with Crippen LogP contribution in [0.2, 0.25) is 0 Å². The Labute approximate surface area is 213 Å². The van der Waals surface area contributed by atoms with Crippen molar-refractivity contribution in [3.63, 3.8) is 0 Å². The van der Waals surface area contributed by atoms with Crippen LogP contribution in [0.15, 0.2) is 61.2 Å². The van der Waals surface area contributed by atoms with Gasteiger partial charge in [0.05, 0.1) is 5.56 Å². The van der Waals surface area contributed by atoms with Gasteiger partial charge in [-0.15, -0.1) is 0 Å². The van der Waals surface area contributed by atoms with Gasteiger partial charge in [-0.2, -0.15) is 0 Å². The zero-order valence-corrected chi connectivity index (χ0v) is 21.1. The fourth-order valence-electron chi connectivity index (χ4n) is 5.98. The molecule has 2 saturated carbocycles. The highest BCUT2D eigenvalue weighted by molar-refractivity contribution is 5.91. The quantitative estimate of drug-likeness (QED) is 0.199. The summed E-state index contributed by atoms with van der Waals surface area (Å²) in [4.78, 5) is 12.6. The van der Waals surface area contributed by atoms with Crippen LogP contribution in [0.1, 0.15) is 80.1 Å². The zero-order chi connectivity index (χ0) is 25.5. The van der Waals surface area contributed by atoms with E-state index in [1.165, 1.54) is 63.0 Å². The molecule has 0 aliphatic heterocycles. The van der Waals surface area contributed by atoms with E-state index in [9.17, 15) is 13.6 Å². The van der Waals surface area contributed by atoms with E-state index >= 15 is 0 Å². The van der Waals surface area contributed by atoms with E-state index in [1.54, 1.807) is 12.1 Å². The molecule has 3 nitrogen and oxygen atoms in total. The molecule has 4 atom stereocenters. The van der Waals surface area contributed by atoms with E-state index in [0.717, 1.165) is 29.9 Å². The molecule has 192 valence electrons. The molecule has 0 bridgehead atoms. The third kappa shape index (κ3) is 6.43. The second-order valence-electron chi connectivity index (χ2n) is 10.2. The molecule has 36 heavy (non-hydrogen) atoms. The van der Waals surface area contributed by atoms with Gasteiger partial charge in [-0.1, -0.05) is 43.4 Å². The third-order valence-electron chi connectivity index (χ3n) is 7.84. The predicted octanol–water partition coefficient (Wildman–Crippen LogP) is 8.41. The fraction of sp³-hybridized carbons (Fsp3) is 0.452. The van der Waals surface area contributed by atoms with Crippen LogP contribution < -0.4 is 9.47 Å². The molecular weight excluding hydrogens is 458 g/mol. The number of allylic oxidation sites excluding steroid dienone is 2. The molecule has 2 fully saturated rings. The Balaban J connectivity index is 1.32. The van der Waals surface area contributed by atoms with Crippen LogP contribution in [0.5, 0.6) is 11.5 Å². The smallest absolute Gasteiger partial charge is 0.343 e. The normalized spacial score (nSPS) is 23.8. The molecule has 0 saturated heterocycles. The monoisotopic (exact) mass is 494 g/mol. The van der Waals surface area contributed by atoms with Crippen molar-refractivity contribution in [2.24, 2.45) is 17.8 Å². The van der Waals surface area contributed by atoms with Crippen LogP contribution in [0.4, 0.5) is 8.78 Å². The van der Waals surface area contributed by atoms with Crippen LogP contribution in [0.25, 0.3) is 0 Å². The molecule has 4 unspecified atom stereocenters. The summed E-state index contributed by atoms with van der Waals surface area (Å²) in [7, 11) is 0. The van der Waals surface area contributed by atoms with Crippen molar-refractivity contribution in [3.05, 3.63) is 84.0 Å². The summed E-state index contributed by atoms with van der Waals surface area (Å²) in [6.07, 6.45) is 16.1. The summed E-state index contributed by atoms with van der Waals surface area (Å²) in [5, 5.41) is 0. The fourth-order valence-corrected chi connectivity index (χ4v) is 5.98. The van der Waals surface area contributed by atoms with Gasteiger partial charge in [-0.3, -0.25) is 0 Å². The maximum atomic E-state index is 14.2. The maximum absolute atomic E-state index is 14.2. The van der Waals surface area contributed by atoms with E-state index in [4.69, 9.17) is 9.47 Å². The van der Waals surface area contributed by atoms with Gasteiger partial charge in [0.1, 0.15) is 12.4 Å². The van der Waals surface area contributed by atoms with Gasteiger partial charge in [0.2, 0.25) is 0 Å². The highest BCUT2D eigenvalue weighted by atomic mass is 19.1. The van der Waals surface area contributed by atoms with Crippen molar-refractivity contribution in [1.82, 2.24) is 0 Å². The highest BCUT2D eigenvalue weighted by Crippen LogP contribution is 2.48. The number of benzene rings is 2. The van der Waals surface area contributed by atoms with Gasteiger partial charge in [0.15, 0.2) is 17.4 Å². The average molecular weight is 495 g/mol. The Morgan fingerprint density at radius 2 is 1.72 bits per heavy atom. The molecule has 2 aliphatic rings. The maximum Gasteiger partial charge on any atom is 0.343 e. The van der Waals surface area contributed by atoms with Crippen LogP contribution >= 0.6 is 0 Å². The van der Waals surface area contributed by atoms with Crippen LogP contribution in [-0.2, 0) is 0 Å². The molecular formula is C31H36F2O3. The largest absolute Gasteiger partial charge is 0.483 e. The minimum atomic E-state index is -0.933. The minimum absolute atomic E-state index is 0.0287. The second kappa shape index (κ2) is 12.3. The molecule has 2 aromatic rings. The lowest BCUT2D eigenvalue weighted by Crippen LogP contribution is -2.30. The van der Waals surface area contributed by atoms with Gasteiger partial charge in [0.25, 0.3) is 0 Å². The summed E-state index contributed by atoms with van der Waals surface area (Å²) in [6.45, 7) is 5.52. The Hall–Kier alpha value is -2.95. The molecule has 0 radical (unpaired) electrons. The van der Waals surface area contributed by atoms with E-state index in [-0.39, 0.29) is 12.4 Å². The van der Waals surface area contributed by atoms with Gasteiger partial charge in [0, 0.05) is 12.1 Å². The Kier molecular flexibility index (Phi) is 8.95. The molecule has 5 heteroatoms. The number of hydrogen-bond donors (Lipinski definition) is 0. The van der Waals surface area contributed by atoms with Crippen molar-refractivity contribution in [1.29, 1.82) is 0 Å². The summed E-state index contributed by atoms with van der Waals surface area (Å²) in [5.74, 6) is -0.191. The van der Waals surface area contributed by atoms with E-state index < -0.39 is 23.4 Å². The van der Waals surface area contributed by atoms with Gasteiger partial charge in [-0.05, 0) is 93.2 Å². The number of carbonyl (C=O) groups excluding carboxylic acids is 1. The Morgan fingerprint density at radius 1 is 1.03 bits per heavy atom. The zero-order valence-electron chi connectivity index (χ0n) is 21.1. The van der Waals surface area contributed by atoms with Crippen molar-refractivity contribution in [2.75, 3.05) is 6.61 Å². The SMILES string of the molecule is C=CCOc1c(F)cc(OC(=O)c2ccc(C3CCC4CC(CC/C=C/C)CCC4C3)cc2)cc1F. The van der Waals surface area contributed by atoms with Crippen molar-refractivity contribution < 1.29 is 23.0 Å². The second-order valence-corrected chi connectivity index (χ2v) is 10.2. The summed E-state index contributed by atoms with van der Waals surface area (Å²) >= 11 is 0. The number of esters is 1. The molecule has 2 aromatic carbocycles. The first kappa shape index (κ1) is 26.1. The Bertz CT molecular complexity index is 1050. The molecule has 0 spiro atoms.